The first kappa shape index (κ1) is 16.8. The number of hydrogen-bond donors (Lipinski definition) is 0. The second-order valence-corrected chi connectivity index (χ2v) is 5.13. The van der Waals surface area contributed by atoms with Gasteiger partial charge in [-0.1, -0.05) is 11.6 Å². The van der Waals surface area contributed by atoms with Gasteiger partial charge < -0.3 is 9.64 Å². The highest BCUT2D eigenvalue weighted by atomic mass is 35.5. The van der Waals surface area contributed by atoms with Gasteiger partial charge in [0, 0.05) is 37.8 Å². The van der Waals surface area contributed by atoms with Crippen molar-refractivity contribution in [3.8, 4) is 0 Å². The summed E-state index contributed by atoms with van der Waals surface area (Å²) in [7, 11) is 3.37. The third-order valence-corrected chi connectivity index (χ3v) is 3.02. The first-order chi connectivity index (χ1) is 10.8. The van der Waals surface area contributed by atoms with Crippen molar-refractivity contribution < 1.29 is 23.1 Å². The molecule has 0 radical (unpaired) electrons. The number of benzene rings is 1. The second-order valence-electron chi connectivity index (χ2n) is 4.77. The fourth-order valence-corrected chi connectivity index (χ4v) is 1.90. The van der Waals surface area contributed by atoms with E-state index in [1.807, 2.05) is 0 Å². The minimum Gasteiger partial charge on any atom is -0.386 e. The number of hydrogen-bond acceptors (Lipinski definition) is 5. The van der Waals surface area contributed by atoms with E-state index in [-0.39, 0.29) is 21.6 Å². The van der Waals surface area contributed by atoms with Crippen LogP contribution in [0.25, 0.3) is 10.9 Å². The summed E-state index contributed by atoms with van der Waals surface area (Å²) in [6, 6.07) is 2.91. The highest BCUT2D eigenvalue weighted by Gasteiger charge is 2.18. The third-order valence-electron chi connectivity index (χ3n) is 2.73. The van der Waals surface area contributed by atoms with Gasteiger partial charge in [0.15, 0.2) is 11.6 Å². The molecule has 0 saturated carbocycles. The van der Waals surface area contributed by atoms with Crippen molar-refractivity contribution in [2.75, 3.05) is 14.1 Å². The average molecular weight is 341 g/mol. The van der Waals surface area contributed by atoms with Crippen LogP contribution in [0, 0.1) is 11.6 Å². The Morgan fingerprint density at radius 2 is 1.87 bits per heavy atom. The number of carbonyl (C=O) groups excluding carboxylic acids is 2. The monoisotopic (exact) mass is 340 g/mol. The Balaban J connectivity index is 2.32. The van der Waals surface area contributed by atoms with Gasteiger partial charge in [-0.15, -0.1) is 0 Å². The van der Waals surface area contributed by atoms with Gasteiger partial charge in [-0.25, -0.2) is 23.4 Å². The van der Waals surface area contributed by atoms with E-state index in [1.54, 1.807) is 19.0 Å². The molecule has 0 amide bonds. The summed E-state index contributed by atoms with van der Waals surface area (Å²) < 4.78 is 31.0. The number of aromatic nitrogens is 1. The van der Waals surface area contributed by atoms with Crippen LogP contribution in [0.5, 0.6) is 0 Å². The summed E-state index contributed by atoms with van der Waals surface area (Å²) >= 11 is 5.84. The predicted octanol–water partition coefficient (Wildman–Crippen LogP) is 2.93. The van der Waals surface area contributed by atoms with Gasteiger partial charge in [-0.2, -0.15) is 0 Å². The number of carbonyl (C=O) groups is 2. The Hall–Kier alpha value is -2.54. The molecule has 2 aromatic rings. The van der Waals surface area contributed by atoms with Crippen molar-refractivity contribution in [1.29, 1.82) is 0 Å². The van der Waals surface area contributed by atoms with E-state index in [1.165, 1.54) is 12.3 Å². The molecule has 5 nitrogen and oxygen atoms in total. The molecule has 1 aromatic carbocycles. The topological polar surface area (TPSA) is 59.5 Å². The van der Waals surface area contributed by atoms with Crippen LogP contribution in [0.2, 0.25) is 5.15 Å². The Morgan fingerprint density at radius 1 is 1.22 bits per heavy atom. The van der Waals surface area contributed by atoms with Crippen LogP contribution in [0.15, 0.2) is 30.5 Å². The van der Waals surface area contributed by atoms with Gasteiger partial charge >= 0.3 is 11.9 Å². The molecule has 0 spiro atoms. The number of ether oxygens (including phenoxy) is 1. The Bertz CT molecular complexity index is 822. The van der Waals surface area contributed by atoms with Crippen molar-refractivity contribution in [1.82, 2.24) is 9.88 Å². The number of nitrogens with zero attached hydrogens (tertiary/aromatic N) is 2. The molecule has 23 heavy (non-hydrogen) atoms. The summed E-state index contributed by atoms with van der Waals surface area (Å²) in [4.78, 5) is 28.8. The van der Waals surface area contributed by atoms with Gasteiger partial charge in [-0.05, 0) is 12.1 Å². The van der Waals surface area contributed by atoms with Gasteiger partial charge in [0.25, 0.3) is 0 Å². The average Bonchev–Trinajstić information content (AvgIpc) is 2.46. The molecule has 0 unspecified atom stereocenters. The molecule has 2 rings (SSSR count). The predicted molar refractivity (Wildman–Crippen MR) is 79.9 cm³/mol. The van der Waals surface area contributed by atoms with E-state index < -0.39 is 23.6 Å². The summed E-state index contributed by atoms with van der Waals surface area (Å²) in [6.07, 6.45) is 2.45. The summed E-state index contributed by atoms with van der Waals surface area (Å²) in [5, 5.41) is -0.130. The minimum atomic E-state index is -1.09. The van der Waals surface area contributed by atoms with E-state index in [4.69, 9.17) is 11.6 Å². The first-order valence-electron chi connectivity index (χ1n) is 6.34. The number of pyridine rings is 1. The summed E-state index contributed by atoms with van der Waals surface area (Å²) in [5.41, 5.74) is -0.152. The van der Waals surface area contributed by atoms with Gasteiger partial charge in [0.05, 0.1) is 11.1 Å². The molecular weight excluding hydrogens is 330 g/mol. The molecule has 1 heterocycles. The van der Waals surface area contributed by atoms with E-state index in [2.05, 4.69) is 9.72 Å². The van der Waals surface area contributed by atoms with Crippen LogP contribution in [0.1, 0.15) is 10.4 Å². The Kier molecular flexibility index (Phi) is 4.90. The normalized spacial score (nSPS) is 11.0. The standard InChI is InChI=1S/C15H11ClF2N2O3/c1-20(2)4-3-13(21)23-15(22)9-5-8-6-10(17)11(18)7-12(8)19-14(9)16/h3-7H,1-2H3. The molecule has 0 fully saturated rings. The van der Waals surface area contributed by atoms with Crippen molar-refractivity contribution >= 4 is 34.4 Å². The van der Waals surface area contributed by atoms with Crippen LogP contribution >= 0.6 is 11.6 Å². The molecule has 0 bridgehead atoms. The maximum atomic E-state index is 13.2. The molecule has 1 aromatic heterocycles. The molecule has 0 saturated heterocycles. The molecule has 0 aliphatic carbocycles. The molecule has 0 aliphatic rings. The first-order valence-corrected chi connectivity index (χ1v) is 6.72. The van der Waals surface area contributed by atoms with Crippen LogP contribution in [-0.2, 0) is 9.53 Å². The fraction of sp³-hybridized carbons (Fsp3) is 0.133. The summed E-state index contributed by atoms with van der Waals surface area (Å²) in [6.45, 7) is 0. The van der Waals surface area contributed by atoms with Crippen molar-refractivity contribution in [3.05, 3.63) is 52.8 Å². The third kappa shape index (κ3) is 4.01. The van der Waals surface area contributed by atoms with Crippen LogP contribution < -0.4 is 0 Å². The quantitative estimate of drug-likeness (QED) is 0.372. The molecule has 8 heteroatoms. The van der Waals surface area contributed by atoms with Gasteiger partial charge in [0.1, 0.15) is 5.15 Å². The van der Waals surface area contributed by atoms with Gasteiger partial charge in [-0.3, -0.25) is 0 Å². The maximum absolute atomic E-state index is 13.2. The number of halogens is 3. The zero-order chi connectivity index (χ0) is 17.1. The lowest BCUT2D eigenvalue weighted by molar-refractivity contribution is -0.132. The lowest BCUT2D eigenvalue weighted by Gasteiger charge is -2.06. The van der Waals surface area contributed by atoms with Crippen molar-refractivity contribution in [3.63, 3.8) is 0 Å². The van der Waals surface area contributed by atoms with Gasteiger partial charge in [0.2, 0.25) is 0 Å². The SMILES string of the molecule is CN(C)C=CC(=O)OC(=O)c1cc2cc(F)c(F)cc2nc1Cl. The zero-order valence-corrected chi connectivity index (χ0v) is 12.9. The summed E-state index contributed by atoms with van der Waals surface area (Å²) in [5.74, 6) is -4.11. The largest absolute Gasteiger partial charge is 0.386 e. The highest BCUT2D eigenvalue weighted by molar-refractivity contribution is 6.33. The van der Waals surface area contributed by atoms with Crippen LogP contribution in [0.3, 0.4) is 0 Å². The van der Waals surface area contributed by atoms with Crippen molar-refractivity contribution in [2.24, 2.45) is 0 Å². The molecule has 0 atom stereocenters. The molecule has 0 N–H and O–H groups in total. The van der Waals surface area contributed by atoms with E-state index in [0.717, 1.165) is 18.2 Å². The van der Waals surface area contributed by atoms with Crippen molar-refractivity contribution in [2.45, 2.75) is 0 Å². The minimum absolute atomic E-state index is 0.0734. The maximum Gasteiger partial charge on any atom is 0.349 e. The van der Waals surface area contributed by atoms with E-state index in [0.29, 0.717) is 0 Å². The highest BCUT2D eigenvalue weighted by Crippen LogP contribution is 2.23. The number of rotatable bonds is 3. The lowest BCUT2D eigenvalue weighted by atomic mass is 10.1. The Morgan fingerprint density at radius 3 is 2.52 bits per heavy atom. The number of fused-ring (bicyclic) bond motifs is 1. The van der Waals surface area contributed by atoms with E-state index >= 15 is 0 Å². The molecule has 120 valence electrons. The smallest absolute Gasteiger partial charge is 0.349 e. The molecular formula is C15H11ClF2N2O3. The Labute approximate surface area is 135 Å². The van der Waals surface area contributed by atoms with Crippen LogP contribution in [0.4, 0.5) is 8.78 Å². The zero-order valence-electron chi connectivity index (χ0n) is 12.1. The van der Waals surface area contributed by atoms with E-state index in [9.17, 15) is 18.4 Å². The fourth-order valence-electron chi connectivity index (χ4n) is 1.68. The second kappa shape index (κ2) is 6.70. The molecule has 0 aliphatic heterocycles. The number of esters is 2. The van der Waals surface area contributed by atoms with Crippen LogP contribution in [-0.4, -0.2) is 35.9 Å². The lowest BCUT2D eigenvalue weighted by Crippen LogP contribution is -2.12.